The van der Waals surface area contributed by atoms with Crippen LogP contribution in [0.5, 0.6) is 0 Å². The molecule has 2 unspecified atom stereocenters. The Bertz CT molecular complexity index is 714. The highest BCUT2D eigenvalue weighted by Gasteiger charge is 2.41. The average molecular weight is 375 g/mol. The fourth-order valence-electron chi connectivity index (χ4n) is 3.66. The fraction of sp³-hybridized carbons (Fsp3) is 0.706. The summed E-state index contributed by atoms with van der Waals surface area (Å²) in [6.45, 7) is 5.67. The summed E-state index contributed by atoms with van der Waals surface area (Å²) in [5.41, 5.74) is 0.157. The third-order valence-electron chi connectivity index (χ3n) is 5.09. The van der Waals surface area contributed by atoms with Crippen LogP contribution in [0.3, 0.4) is 0 Å². The van der Waals surface area contributed by atoms with Crippen LogP contribution in [-0.2, 0) is 16.1 Å². The highest BCUT2D eigenvalue weighted by molar-refractivity contribution is 5.85. The molecule has 0 saturated carbocycles. The number of amides is 1. The number of hydrogen-bond donors (Lipinski definition) is 1. The first-order valence-electron chi connectivity index (χ1n) is 8.48. The van der Waals surface area contributed by atoms with Crippen molar-refractivity contribution in [2.24, 2.45) is 5.41 Å². The Morgan fingerprint density at radius 2 is 1.96 bits per heavy atom. The summed E-state index contributed by atoms with van der Waals surface area (Å²) in [4.78, 5) is 25.9. The van der Waals surface area contributed by atoms with Crippen molar-refractivity contribution in [2.45, 2.75) is 59.2 Å². The highest BCUT2D eigenvalue weighted by atomic mass is 19.4. The van der Waals surface area contributed by atoms with E-state index < -0.39 is 30.0 Å². The smallest absolute Gasteiger partial charge is 0.408 e. The lowest BCUT2D eigenvalue weighted by Gasteiger charge is -2.38. The van der Waals surface area contributed by atoms with Gasteiger partial charge in [-0.2, -0.15) is 18.3 Å². The second-order valence-electron chi connectivity index (χ2n) is 7.31. The summed E-state index contributed by atoms with van der Waals surface area (Å²) < 4.78 is 38.9. The van der Waals surface area contributed by atoms with Crippen LogP contribution in [0.25, 0.3) is 0 Å². The van der Waals surface area contributed by atoms with Gasteiger partial charge in [0.25, 0.3) is 0 Å². The van der Waals surface area contributed by atoms with Crippen molar-refractivity contribution in [3.8, 4) is 0 Å². The van der Waals surface area contributed by atoms with Gasteiger partial charge < -0.3 is 10.0 Å². The van der Waals surface area contributed by atoms with E-state index >= 15 is 0 Å². The van der Waals surface area contributed by atoms with Gasteiger partial charge in [0.2, 0.25) is 5.91 Å². The Kier molecular flexibility index (Phi) is 5.39. The van der Waals surface area contributed by atoms with Crippen molar-refractivity contribution in [1.29, 1.82) is 0 Å². The number of carbonyl (C=O) groups is 2. The Morgan fingerprint density at radius 1 is 1.35 bits per heavy atom. The van der Waals surface area contributed by atoms with Crippen LogP contribution in [0.1, 0.15) is 49.6 Å². The van der Waals surface area contributed by atoms with Gasteiger partial charge in [0, 0.05) is 24.3 Å². The molecule has 0 radical (unpaired) electrons. The van der Waals surface area contributed by atoms with E-state index in [9.17, 15) is 27.9 Å². The predicted molar refractivity (Wildman–Crippen MR) is 87.7 cm³/mol. The van der Waals surface area contributed by atoms with E-state index in [1.165, 1.54) is 11.8 Å². The molecule has 2 rings (SSSR count). The van der Waals surface area contributed by atoms with E-state index in [-0.39, 0.29) is 12.5 Å². The van der Waals surface area contributed by atoms with E-state index in [0.717, 1.165) is 4.68 Å². The molecule has 1 aliphatic heterocycles. The maximum absolute atomic E-state index is 12.9. The molecule has 0 aliphatic carbocycles. The molecule has 0 aromatic carbocycles. The van der Waals surface area contributed by atoms with Crippen LogP contribution in [0.15, 0.2) is 0 Å². The number of nitrogens with zero attached hydrogens (tertiary/aromatic N) is 3. The lowest BCUT2D eigenvalue weighted by Crippen LogP contribution is -2.49. The molecule has 1 amide bonds. The number of alkyl halides is 3. The van der Waals surface area contributed by atoms with Crippen molar-refractivity contribution >= 4 is 11.9 Å². The van der Waals surface area contributed by atoms with Gasteiger partial charge in [0.15, 0.2) is 0 Å². The number of aliphatic carboxylic acids is 1. The summed E-state index contributed by atoms with van der Waals surface area (Å²) in [6.07, 6.45) is -3.33. The first kappa shape index (κ1) is 20.3. The summed E-state index contributed by atoms with van der Waals surface area (Å²) in [5.74, 6) is -1.92. The number of aromatic nitrogens is 2. The molecule has 2 heterocycles. The van der Waals surface area contributed by atoms with Crippen molar-refractivity contribution in [2.75, 3.05) is 13.1 Å². The van der Waals surface area contributed by atoms with Crippen LogP contribution in [0.4, 0.5) is 13.2 Å². The molecule has 6 nitrogen and oxygen atoms in total. The lowest BCUT2D eigenvalue weighted by atomic mass is 9.81. The molecule has 1 aromatic rings. The number of rotatable bonds is 4. The number of carbonyl (C=O) groups excluding carboxylic acids is 1. The van der Waals surface area contributed by atoms with Crippen molar-refractivity contribution in [3.05, 3.63) is 17.0 Å². The molecule has 2 atom stereocenters. The molecule has 0 bridgehead atoms. The monoisotopic (exact) mass is 375 g/mol. The third-order valence-corrected chi connectivity index (χ3v) is 5.09. The Morgan fingerprint density at radius 3 is 2.50 bits per heavy atom. The molecule has 1 aliphatic rings. The number of carboxylic acids is 1. The number of aryl methyl sites for hydroxylation is 1. The minimum absolute atomic E-state index is 0.0975. The van der Waals surface area contributed by atoms with E-state index in [0.29, 0.717) is 36.3 Å². The predicted octanol–water partition coefficient (Wildman–Crippen LogP) is 2.88. The van der Waals surface area contributed by atoms with Crippen LogP contribution in [0.2, 0.25) is 0 Å². The van der Waals surface area contributed by atoms with E-state index in [4.69, 9.17) is 0 Å². The van der Waals surface area contributed by atoms with Crippen molar-refractivity contribution in [3.63, 3.8) is 0 Å². The molecule has 9 heteroatoms. The molecule has 1 N–H and O–H groups in total. The zero-order valence-electron chi connectivity index (χ0n) is 15.4. The van der Waals surface area contributed by atoms with Crippen molar-refractivity contribution < 1.29 is 27.9 Å². The summed E-state index contributed by atoms with van der Waals surface area (Å²) >= 11 is 0. The second-order valence-corrected chi connectivity index (χ2v) is 7.31. The maximum Gasteiger partial charge on any atom is 0.408 e. The molecule has 26 heavy (non-hydrogen) atoms. The largest absolute Gasteiger partial charge is 0.481 e. The quantitative estimate of drug-likeness (QED) is 0.878. The maximum atomic E-state index is 12.9. The number of halogens is 3. The fourth-order valence-corrected chi connectivity index (χ4v) is 3.66. The van der Waals surface area contributed by atoms with Gasteiger partial charge in [-0.05, 0) is 40.5 Å². The lowest BCUT2D eigenvalue weighted by molar-refractivity contribution is -0.153. The first-order chi connectivity index (χ1) is 11.9. The molecule has 146 valence electrons. The summed E-state index contributed by atoms with van der Waals surface area (Å²) in [7, 11) is 0. The number of likely N-dealkylation sites (tertiary alicyclic amines) is 1. The minimum atomic E-state index is -4.40. The molecule has 1 saturated heterocycles. The average Bonchev–Trinajstić information content (AvgIpc) is 2.78. The molecular formula is C17H24F3N3O3. The van der Waals surface area contributed by atoms with E-state index in [1.54, 1.807) is 20.8 Å². The van der Waals surface area contributed by atoms with Crippen LogP contribution in [-0.4, -0.2) is 50.9 Å². The second kappa shape index (κ2) is 6.92. The van der Waals surface area contributed by atoms with Gasteiger partial charge >= 0.3 is 12.1 Å². The number of hydrogen-bond acceptors (Lipinski definition) is 3. The van der Waals surface area contributed by atoms with Gasteiger partial charge in [0.05, 0.1) is 17.0 Å². The first-order valence-corrected chi connectivity index (χ1v) is 8.48. The Hall–Kier alpha value is -2.06. The van der Waals surface area contributed by atoms with Crippen LogP contribution >= 0.6 is 0 Å². The van der Waals surface area contributed by atoms with Gasteiger partial charge in [-0.25, -0.2) is 0 Å². The van der Waals surface area contributed by atoms with E-state index in [1.807, 2.05) is 0 Å². The normalized spacial score (nSPS) is 22.3. The molecule has 0 spiro atoms. The zero-order chi connectivity index (χ0) is 19.9. The molecule has 1 aromatic heterocycles. The van der Waals surface area contributed by atoms with Gasteiger partial charge in [0.1, 0.15) is 6.54 Å². The minimum Gasteiger partial charge on any atom is -0.481 e. The van der Waals surface area contributed by atoms with Gasteiger partial charge in [-0.3, -0.25) is 14.3 Å². The van der Waals surface area contributed by atoms with Crippen LogP contribution < -0.4 is 0 Å². The topological polar surface area (TPSA) is 75.4 Å². The summed E-state index contributed by atoms with van der Waals surface area (Å²) in [5, 5.41) is 13.3. The zero-order valence-corrected chi connectivity index (χ0v) is 15.4. The standard InChI is InChI=1S/C17H24F3N3O3/c1-10(13-11(2)21-23(12(13)3)9-17(18,19)20)14(24)22-7-5-6-16(4,8-22)15(25)26/h10H,5-9H2,1-4H3,(H,25,26). The highest BCUT2D eigenvalue weighted by Crippen LogP contribution is 2.33. The SMILES string of the molecule is Cc1nn(CC(F)(F)F)c(C)c1C(C)C(=O)N1CCCC(C)(C(=O)O)C1. The van der Waals surface area contributed by atoms with Gasteiger partial charge in [-0.15, -0.1) is 0 Å². The summed E-state index contributed by atoms with van der Waals surface area (Å²) in [6, 6.07) is 0. The van der Waals surface area contributed by atoms with E-state index in [2.05, 4.69) is 5.10 Å². The van der Waals surface area contributed by atoms with Gasteiger partial charge in [-0.1, -0.05) is 0 Å². The number of carboxylic acid groups (broad SMARTS) is 1. The number of piperidine rings is 1. The van der Waals surface area contributed by atoms with Crippen LogP contribution in [0, 0.1) is 19.3 Å². The van der Waals surface area contributed by atoms with Crippen molar-refractivity contribution in [1.82, 2.24) is 14.7 Å². The Balaban J connectivity index is 2.24. The Labute approximate surface area is 150 Å². The molecule has 1 fully saturated rings. The third kappa shape index (κ3) is 4.02. The molecular weight excluding hydrogens is 351 g/mol.